The number of ether oxygens (including phenoxy) is 2. The van der Waals surface area contributed by atoms with Gasteiger partial charge in [0, 0.05) is 47.4 Å². The maximum Gasteiger partial charge on any atom is 0.242 e. The van der Waals surface area contributed by atoms with Gasteiger partial charge in [-0.15, -0.1) is 10.2 Å². The Labute approximate surface area is 345 Å². The molecule has 11 nitrogen and oxygen atoms in total. The van der Waals surface area contributed by atoms with Crippen molar-refractivity contribution >= 4 is 32.6 Å². The summed E-state index contributed by atoms with van der Waals surface area (Å²) >= 11 is 0. The Morgan fingerprint density at radius 3 is 1.66 bits per heavy atom. The predicted molar refractivity (Wildman–Crippen MR) is 227 cm³/mol. The lowest BCUT2D eigenvalue weighted by molar-refractivity contribution is -0.151. The van der Waals surface area contributed by atoms with Crippen LogP contribution in [0.4, 0.5) is 0 Å². The molecule has 12 rings (SSSR count). The third-order valence-electron chi connectivity index (χ3n) is 14.6. The van der Waals surface area contributed by atoms with Crippen LogP contribution in [0.3, 0.4) is 0 Å². The van der Waals surface area contributed by atoms with Gasteiger partial charge in [-0.25, -0.2) is 0 Å². The molecule has 9 heterocycles. The van der Waals surface area contributed by atoms with E-state index in [1.54, 1.807) is 0 Å². The molecule has 11 heteroatoms. The number of hydrogen-bond donors (Lipinski definition) is 3. The van der Waals surface area contributed by atoms with E-state index in [-0.39, 0.29) is 30.5 Å². The molecule has 306 valence electrons. The molecule has 6 saturated heterocycles. The largest absolute Gasteiger partial charge is 0.466 e. The van der Waals surface area contributed by atoms with Gasteiger partial charge in [0.2, 0.25) is 11.8 Å². The van der Waals surface area contributed by atoms with Crippen molar-refractivity contribution in [2.45, 2.75) is 101 Å². The second-order valence-electron chi connectivity index (χ2n) is 17.7. The molecule has 3 aromatic carbocycles. The van der Waals surface area contributed by atoms with Crippen LogP contribution in [0.25, 0.3) is 32.6 Å². The van der Waals surface area contributed by atoms with Gasteiger partial charge in [0.1, 0.15) is 12.2 Å². The monoisotopic (exact) mass is 794 g/mol. The minimum atomic E-state index is -0.728. The number of aliphatic hydroxyl groups is 3. The first kappa shape index (κ1) is 38.4. The van der Waals surface area contributed by atoms with Crippen molar-refractivity contribution in [2.75, 3.05) is 26.2 Å². The van der Waals surface area contributed by atoms with E-state index in [0.29, 0.717) is 31.3 Å². The Morgan fingerprint density at radius 1 is 0.678 bits per heavy atom. The highest BCUT2D eigenvalue weighted by atomic mass is 16.5. The second kappa shape index (κ2) is 15.0. The van der Waals surface area contributed by atoms with Crippen LogP contribution in [0.5, 0.6) is 11.8 Å². The van der Waals surface area contributed by atoms with Crippen molar-refractivity contribution in [3.8, 4) is 11.8 Å². The van der Waals surface area contributed by atoms with E-state index in [9.17, 15) is 15.3 Å². The Bertz CT molecular complexity index is 2540. The molecule has 59 heavy (non-hydrogen) atoms. The zero-order valence-electron chi connectivity index (χ0n) is 34.2. The van der Waals surface area contributed by atoms with Crippen LogP contribution in [-0.4, -0.2) is 94.7 Å². The maximum atomic E-state index is 11.7. The first-order valence-electron chi connectivity index (χ1n) is 21.5. The lowest BCUT2D eigenvalue weighted by atomic mass is 9.69. The summed E-state index contributed by atoms with van der Waals surface area (Å²) < 4.78 is 14.4. The van der Waals surface area contributed by atoms with E-state index < -0.39 is 23.4 Å². The molecule has 6 aliphatic heterocycles. The number of benzene rings is 3. The van der Waals surface area contributed by atoms with Crippen molar-refractivity contribution in [1.82, 2.24) is 30.0 Å². The van der Waals surface area contributed by atoms with Crippen LogP contribution in [-0.2, 0) is 6.61 Å². The van der Waals surface area contributed by atoms with Crippen molar-refractivity contribution in [3.05, 3.63) is 107 Å². The lowest BCUT2D eigenvalue weighted by Crippen LogP contribution is -2.64. The summed E-state index contributed by atoms with van der Waals surface area (Å²) in [7, 11) is 0. The van der Waals surface area contributed by atoms with E-state index in [2.05, 4.69) is 59.8 Å². The number of aromatic nitrogens is 4. The smallest absolute Gasteiger partial charge is 0.242 e. The average Bonchev–Trinajstić information content (AvgIpc) is 3.27. The Morgan fingerprint density at radius 2 is 1.19 bits per heavy atom. The fourth-order valence-corrected chi connectivity index (χ4v) is 11.1. The number of piperidine rings is 6. The number of rotatable bonds is 11. The Kier molecular flexibility index (Phi) is 9.80. The molecular weight excluding hydrogens is 741 g/mol. The minimum absolute atomic E-state index is 0.00822. The highest BCUT2D eigenvalue weighted by molar-refractivity contribution is 5.91. The topological polar surface area (TPSA) is 137 Å². The molecule has 0 aliphatic carbocycles. The van der Waals surface area contributed by atoms with Crippen molar-refractivity contribution in [2.24, 2.45) is 11.8 Å². The summed E-state index contributed by atoms with van der Waals surface area (Å²) in [4.78, 5) is 14.2. The first-order chi connectivity index (χ1) is 28.7. The first-order valence-corrected chi connectivity index (χ1v) is 21.5. The minimum Gasteiger partial charge on any atom is -0.466 e. The summed E-state index contributed by atoms with van der Waals surface area (Å²) in [6.45, 7) is 9.16. The molecule has 3 N–H and O–H groups in total. The van der Waals surface area contributed by atoms with Gasteiger partial charge in [-0.05, 0) is 124 Å². The van der Waals surface area contributed by atoms with Gasteiger partial charge in [0.25, 0.3) is 0 Å². The third kappa shape index (κ3) is 6.62. The van der Waals surface area contributed by atoms with Gasteiger partial charge in [-0.3, -0.25) is 19.8 Å². The molecule has 4 bridgehead atoms. The van der Waals surface area contributed by atoms with Crippen LogP contribution in [0, 0.1) is 18.8 Å². The Balaban J connectivity index is 1.07. The van der Waals surface area contributed by atoms with Gasteiger partial charge < -0.3 is 24.8 Å². The molecule has 0 saturated carbocycles. The van der Waals surface area contributed by atoms with Crippen LogP contribution in [0.1, 0.15) is 86.8 Å². The van der Waals surface area contributed by atoms with Gasteiger partial charge in [0.05, 0.1) is 51.7 Å². The molecule has 0 radical (unpaired) electrons. The molecule has 0 amide bonds. The van der Waals surface area contributed by atoms with Gasteiger partial charge in [-0.2, -0.15) is 0 Å². The van der Waals surface area contributed by atoms with Crippen molar-refractivity contribution in [1.29, 1.82) is 0 Å². The number of fused-ring (bicyclic) bond motifs is 9. The number of nitrogens with zero attached hydrogens (tertiary/aromatic N) is 6. The third-order valence-corrected chi connectivity index (χ3v) is 14.6. The molecule has 6 aliphatic rings. The zero-order valence-corrected chi connectivity index (χ0v) is 34.2. The molecule has 3 aromatic heterocycles. The number of hydrogen-bond acceptors (Lipinski definition) is 11. The number of aliphatic hydroxyl groups excluding tert-OH is 1. The van der Waals surface area contributed by atoms with Crippen molar-refractivity contribution < 1.29 is 24.8 Å². The fourth-order valence-electron chi connectivity index (χ4n) is 11.1. The second-order valence-corrected chi connectivity index (χ2v) is 17.7. The van der Waals surface area contributed by atoms with Gasteiger partial charge in [0.15, 0.2) is 0 Å². The van der Waals surface area contributed by atoms with Crippen molar-refractivity contribution in [3.63, 3.8) is 0 Å². The number of aryl methyl sites for hydroxylation is 1. The van der Waals surface area contributed by atoms with Gasteiger partial charge in [-0.1, -0.05) is 43.7 Å². The maximum absolute atomic E-state index is 11.7. The highest BCUT2D eigenvalue weighted by Gasteiger charge is 2.52. The van der Waals surface area contributed by atoms with E-state index in [1.165, 1.54) is 0 Å². The molecule has 6 fully saturated rings. The molecular formula is C48H54N6O5. The lowest BCUT2D eigenvalue weighted by Gasteiger charge is -2.55. The predicted octanol–water partition coefficient (Wildman–Crippen LogP) is 7.24. The number of pyridine rings is 2. The van der Waals surface area contributed by atoms with E-state index in [4.69, 9.17) is 24.7 Å². The van der Waals surface area contributed by atoms with E-state index >= 15 is 0 Å². The van der Waals surface area contributed by atoms with Gasteiger partial charge >= 0.3 is 0 Å². The standard InChI is InChI=1S/C48H54N6O5/c1-4-47(56)27-53-20-16-31(47)24-41(53)43(33-14-18-49-39-12-10-29(3)22-37(33)39)58-45-35-8-6-7-9-36(35)46(52-51-45)59-44(42-25-32-17-21-54(42)28-48(32,57)5-2)34-15-19-50-40-13-11-30(26-55)23-38(34)40/h6-15,18-19,22-23,31-32,41-44,55-57H,4-5,16-17,20-21,24-28H2,1-3H3/t31?,32?,41-,42-,43+,44-,47?,48?/m1/s1. The fraction of sp³-hybridized carbons (Fsp3) is 0.458. The molecule has 6 aromatic rings. The van der Waals surface area contributed by atoms with Crippen LogP contribution in [0.2, 0.25) is 0 Å². The molecule has 0 spiro atoms. The summed E-state index contributed by atoms with van der Waals surface area (Å²) in [5, 5.41) is 46.7. The Hall–Kier alpha value is -4.78. The normalized spacial score (nSPS) is 29.9. The SMILES string of the molecule is CCC1(O)CN2CCC1C[C@@H]2[C@H](Oc1nnc(O[C@@H](c2ccnc3ccc(C)cc23)[C@H]2CC3CCN2CC3(O)CC)c2ccccc12)c1ccnc2ccc(CO)cc12. The van der Waals surface area contributed by atoms with Crippen LogP contribution >= 0.6 is 0 Å². The summed E-state index contributed by atoms with van der Waals surface area (Å²) in [6, 6.07) is 24.3. The average molecular weight is 795 g/mol. The van der Waals surface area contributed by atoms with E-state index in [0.717, 1.165) is 100 Å². The molecule has 6 unspecified atom stereocenters. The quantitative estimate of drug-likeness (QED) is 0.123. The zero-order chi connectivity index (χ0) is 40.5. The summed E-state index contributed by atoms with van der Waals surface area (Å²) in [5.41, 5.74) is 4.25. The van der Waals surface area contributed by atoms with Crippen LogP contribution in [0.15, 0.2) is 85.2 Å². The summed E-state index contributed by atoms with van der Waals surface area (Å²) in [5.74, 6) is 1.16. The summed E-state index contributed by atoms with van der Waals surface area (Å²) in [6.07, 6.45) is 7.73. The highest BCUT2D eigenvalue weighted by Crippen LogP contribution is 2.49. The molecule has 10 atom stereocenters. The van der Waals surface area contributed by atoms with Crippen LogP contribution < -0.4 is 9.47 Å². The van der Waals surface area contributed by atoms with E-state index in [1.807, 2.05) is 60.9 Å².